The SMILES string of the molecule is CCOC(=O)c1cnc2c(cnn2C)c1NCCCOC. The third-order valence-electron chi connectivity index (χ3n) is 3.08. The normalized spacial score (nSPS) is 10.8. The molecule has 2 aromatic heterocycles. The summed E-state index contributed by atoms with van der Waals surface area (Å²) in [7, 11) is 3.48. The largest absolute Gasteiger partial charge is 0.462 e. The van der Waals surface area contributed by atoms with E-state index < -0.39 is 0 Å². The number of esters is 1. The van der Waals surface area contributed by atoms with Crippen molar-refractivity contribution in [3.05, 3.63) is 18.0 Å². The van der Waals surface area contributed by atoms with Crippen LogP contribution in [-0.4, -0.2) is 47.6 Å². The molecule has 114 valence electrons. The van der Waals surface area contributed by atoms with Gasteiger partial charge >= 0.3 is 5.97 Å². The maximum atomic E-state index is 12.1. The first kappa shape index (κ1) is 15.2. The fraction of sp³-hybridized carbons (Fsp3) is 0.500. The summed E-state index contributed by atoms with van der Waals surface area (Å²) in [6, 6.07) is 0. The molecule has 0 saturated carbocycles. The van der Waals surface area contributed by atoms with Crippen molar-refractivity contribution < 1.29 is 14.3 Å². The highest BCUT2D eigenvalue weighted by molar-refractivity contribution is 6.04. The number of rotatable bonds is 7. The molecule has 0 atom stereocenters. The lowest BCUT2D eigenvalue weighted by Gasteiger charge is -2.12. The average Bonchev–Trinajstić information content (AvgIpc) is 2.85. The molecule has 2 aromatic rings. The van der Waals surface area contributed by atoms with E-state index >= 15 is 0 Å². The van der Waals surface area contributed by atoms with Crippen molar-refractivity contribution >= 4 is 22.7 Å². The molecule has 0 unspecified atom stereocenters. The van der Waals surface area contributed by atoms with Crippen LogP contribution in [0.1, 0.15) is 23.7 Å². The third-order valence-corrected chi connectivity index (χ3v) is 3.08. The van der Waals surface area contributed by atoms with Gasteiger partial charge in [0.25, 0.3) is 0 Å². The number of aryl methyl sites for hydroxylation is 1. The Labute approximate surface area is 123 Å². The number of ether oxygens (including phenoxy) is 2. The van der Waals surface area contributed by atoms with Crippen LogP contribution in [-0.2, 0) is 16.5 Å². The lowest BCUT2D eigenvalue weighted by atomic mass is 10.1. The van der Waals surface area contributed by atoms with Crippen LogP contribution in [0.15, 0.2) is 12.4 Å². The maximum Gasteiger partial charge on any atom is 0.341 e. The van der Waals surface area contributed by atoms with Crippen molar-refractivity contribution in [2.45, 2.75) is 13.3 Å². The van der Waals surface area contributed by atoms with Crippen molar-refractivity contribution in [2.75, 3.05) is 32.2 Å². The molecule has 0 amide bonds. The van der Waals surface area contributed by atoms with Gasteiger partial charge in [-0.15, -0.1) is 0 Å². The number of fused-ring (bicyclic) bond motifs is 1. The van der Waals surface area contributed by atoms with E-state index in [-0.39, 0.29) is 5.97 Å². The van der Waals surface area contributed by atoms with Gasteiger partial charge in [0.05, 0.1) is 23.9 Å². The number of nitrogens with one attached hydrogen (secondary N) is 1. The maximum absolute atomic E-state index is 12.1. The van der Waals surface area contributed by atoms with Gasteiger partial charge in [0.1, 0.15) is 5.56 Å². The number of anilines is 1. The van der Waals surface area contributed by atoms with Crippen molar-refractivity contribution in [3.63, 3.8) is 0 Å². The van der Waals surface area contributed by atoms with Crippen LogP contribution in [0.2, 0.25) is 0 Å². The van der Waals surface area contributed by atoms with Gasteiger partial charge in [-0.3, -0.25) is 4.68 Å². The number of carbonyl (C=O) groups is 1. The summed E-state index contributed by atoms with van der Waals surface area (Å²) in [5, 5.41) is 8.26. The Balaban J connectivity index is 2.35. The fourth-order valence-electron chi connectivity index (χ4n) is 2.08. The molecular formula is C14H20N4O3. The van der Waals surface area contributed by atoms with Crippen LogP contribution in [0.3, 0.4) is 0 Å². The van der Waals surface area contributed by atoms with E-state index in [1.807, 2.05) is 7.05 Å². The van der Waals surface area contributed by atoms with E-state index in [0.29, 0.717) is 31.0 Å². The first-order valence-corrected chi connectivity index (χ1v) is 6.89. The topological polar surface area (TPSA) is 78.3 Å². The van der Waals surface area contributed by atoms with Crippen molar-refractivity contribution in [3.8, 4) is 0 Å². The number of hydrogen-bond acceptors (Lipinski definition) is 6. The highest BCUT2D eigenvalue weighted by Gasteiger charge is 2.18. The van der Waals surface area contributed by atoms with Crippen LogP contribution in [0, 0.1) is 0 Å². The third kappa shape index (κ3) is 3.30. The first-order chi connectivity index (χ1) is 10.2. The molecule has 0 aliphatic rings. The second-order valence-electron chi connectivity index (χ2n) is 4.55. The zero-order chi connectivity index (χ0) is 15.2. The quantitative estimate of drug-likeness (QED) is 0.617. The summed E-state index contributed by atoms with van der Waals surface area (Å²) in [5.74, 6) is -0.384. The molecule has 7 heteroatoms. The molecule has 0 aliphatic heterocycles. The number of aromatic nitrogens is 3. The zero-order valence-electron chi connectivity index (χ0n) is 12.5. The zero-order valence-corrected chi connectivity index (χ0v) is 12.5. The Bertz CT molecular complexity index is 624. The van der Waals surface area contributed by atoms with Gasteiger partial charge in [0, 0.05) is 33.5 Å². The van der Waals surface area contributed by atoms with E-state index in [2.05, 4.69) is 15.4 Å². The van der Waals surface area contributed by atoms with Gasteiger partial charge in [0.15, 0.2) is 5.65 Å². The van der Waals surface area contributed by atoms with E-state index in [1.165, 1.54) is 6.20 Å². The highest BCUT2D eigenvalue weighted by Crippen LogP contribution is 2.26. The van der Waals surface area contributed by atoms with Crippen molar-refractivity contribution in [2.24, 2.45) is 7.05 Å². The summed E-state index contributed by atoms with van der Waals surface area (Å²) >= 11 is 0. The Morgan fingerprint density at radius 3 is 2.95 bits per heavy atom. The van der Waals surface area contributed by atoms with Gasteiger partial charge in [-0.25, -0.2) is 9.78 Å². The van der Waals surface area contributed by atoms with Gasteiger partial charge in [-0.05, 0) is 13.3 Å². The molecule has 0 bridgehead atoms. The number of hydrogen-bond donors (Lipinski definition) is 1. The standard InChI is InChI=1S/C14H20N4O3/c1-4-21-14(19)11-8-16-13-10(9-17-18(13)2)12(11)15-6-5-7-20-3/h8-9H,4-7H2,1-3H3,(H,15,16). The summed E-state index contributed by atoms with van der Waals surface area (Å²) < 4.78 is 11.8. The van der Waals surface area contributed by atoms with E-state index in [0.717, 1.165) is 17.5 Å². The van der Waals surface area contributed by atoms with Crippen LogP contribution in [0.25, 0.3) is 11.0 Å². The molecule has 0 radical (unpaired) electrons. The Kier molecular flexibility index (Phi) is 5.10. The molecule has 0 saturated heterocycles. The van der Waals surface area contributed by atoms with Crippen LogP contribution < -0.4 is 5.32 Å². The molecule has 2 heterocycles. The van der Waals surface area contributed by atoms with Gasteiger partial charge < -0.3 is 14.8 Å². The number of methoxy groups -OCH3 is 1. The fourth-order valence-corrected chi connectivity index (χ4v) is 2.08. The molecule has 0 aromatic carbocycles. The molecule has 0 fully saturated rings. The second-order valence-corrected chi connectivity index (χ2v) is 4.55. The molecule has 0 spiro atoms. The number of nitrogens with zero attached hydrogens (tertiary/aromatic N) is 3. The summed E-state index contributed by atoms with van der Waals surface area (Å²) in [4.78, 5) is 16.3. The van der Waals surface area contributed by atoms with Gasteiger partial charge in [0.2, 0.25) is 0 Å². The minimum Gasteiger partial charge on any atom is -0.462 e. The summed E-state index contributed by atoms with van der Waals surface area (Å²) in [6.07, 6.45) is 4.06. The smallest absolute Gasteiger partial charge is 0.341 e. The lowest BCUT2D eigenvalue weighted by Crippen LogP contribution is -2.12. The van der Waals surface area contributed by atoms with Crippen molar-refractivity contribution in [1.82, 2.24) is 14.8 Å². The predicted molar refractivity (Wildman–Crippen MR) is 79.4 cm³/mol. The second kappa shape index (κ2) is 7.03. The molecular weight excluding hydrogens is 272 g/mol. The van der Waals surface area contributed by atoms with Crippen LogP contribution in [0.5, 0.6) is 0 Å². The molecule has 7 nitrogen and oxygen atoms in total. The summed E-state index contributed by atoms with van der Waals surface area (Å²) in [6.45, 7) is 3.45. The van der Waals surface area contributed by atoms with E-state index in [4.69, 9.17) is 9.47 Å². The molecule has 1 N–H and O–H groups in total. The predicted octanol–water partition coefficient (Wildman–Crippen LogP) is 1.59. The minimum absolute atomic E-state index is 0.326. The van der Waals surface area contributed by atoms with E-state index in [1.54, 1.807) is 24.9 Å². The first-order valence-electron chi connectivity index (χ1n) is 6.89. The van der Waals surface area contributed by atoms with Crippen molar-refractivity contribution in [1.29, 1.82) is 0 Å². The van der Waals surface area contributed by atoms with Crippen LogP contribution in [0.4, 0.5) is 5.69 Å². The van der Waals surface area contributed by atoms with E-state index in [9.17, 15) is 4.79 Å². The molecule has 21 heavy (non-hydrogen) atoms. The monoisotopic (exact) mass is 292 g/mol. The highest BCUT2D eigenvalue weighted by atomic mass is 16.5. The van der Waals surface area contributed by atoms with Gasteiger partial charge in [-0.2, -0.15) is 5.10 Å². The molecule has 2 rings (SSSR count). The summed E-state index contributed by atoms with van der Waals surface area (Å²) in [5.41, 5.74) is 1.86. The lowest BCUT2D eigenvalue weighted by molar-refractivity contribution is 0.0527. The Morgan fingerprint density at radius 2 is 2.24 bits per heavy atom. The number of carbonyl (C=O) groups excluding carboxylic acids is 1. The average molecular weight is 292 g/mol. The van der Waals surface area contributed by atoms with Crippen LogP contribution >= 0.6 is 0 Å². The van der Waals surface area contributed by atoms with Gasteiger partial charge in [-0.1, -0.05) is 0 Å². The molecule has 0 aliphatic carbocycles. The number of pyridine rings is 1. The Hall–Kier alpha value is -2.15. The minimum atomic E-state index is -0.384. The Morgan fingerprint density at radius 1 is 1.43 bits per heavy atom.